The molecular formula is C13H13BrClNO5. The first kappa shape index (κ1) is 15.1. The Morgan fingerprint density at radius 3 is 2.81 bits per heavy atom. The van der Waals surface area contributed by atoms with Gasteiger partial charge in [-0.3, -0.25) is 0 Å². The standard InChI is InChI=1S/C13H13BrClNO5/c14-5-1-2-6-9(10(5)15)8(3-16-6)21-13-12(19)11(18)7(17)4-20-13/h1-3,7,11-13,16-19H,4H2. The first-order valence-electron chi connectivity index (χ1n) is 6.26. The van der Waals surface area contributed by atoms with Gasteiger partial charge in [0, 0.05) is 10.7 Å². The highest BCUT2D eigenvalue weighted by molar-refractivity contribution is 9.10. The minimum Gasteiger partial charge on any atom is -0.460 e. The predicted octanol–water partition coefficient (Wildman–Crippen LogP) is 1.40. The number of halogens is 2. The number of rotatable bonds is 2. The molecule has 0 amide bonds. The van der Waals surface area contributed by atoms with Gasteiger partial charge in [0.2, 0.25) is 6.29 Å². The summed E-state index contributed by atoms with van der Waals surface area (Å²) in [6, 6.07) is 3.63. The number of aromatic nitrogens is 1. The molecule has 0 saturated carbocycles. The smallest absolute Gasteiger partial charge is 0.229 e. The van der Waals surface area contributed by atoms with E-state index in [2.05, 4.69) is 20.9 Å². The Kier molecular flexibility index (Phi) is 4.13. The first-order valence-corrected chi connectivity index (χ1v) is 7.43. The summed E-state index contributed by atoms with van der Waals surface area (Å²) < 4.78 is 11.5. The fourth-order valence-electron chi connectivity index (χ4n) is 2.23. The van der Waals surface area contributed by atoms with Gasteiger partial charge in [-0.2, -0.15) is 0 Å². The molecule has 0 bridgehead atoms. The second kappa shape index (κ2) is 5.75. The van der Waals surface area contributed by atoms with Crippen molar-refractivity contribution in [2.24, 2.45) is 0 Å². The summed E-state index contributed by atoms with van der Waals surface area (Å²) in [7, 11) is 0. The summed E-state index contributed by atoms with van der Waals surface area (Å²) >= 11 is 9.57. The number of hydrogen-bond donors (Lipinski definition) is 4. The molecule has 2 aromatic rings. The number of H-pyrrole nitrogens is 1. The number of benzene rings is 1. The van der Waals surface area contributed by atoms with Crippen molar-refractivity contribution in [2.45, 2.75) is 24.6 Å². The van der Waals surface area contributed by atoms with E-state index >= 15 is 0 Å². The number of aliphatic hydroxyl groups is 3. The molecule has 114 valence electrons. The van der Waals surface area contributed by atoms with Crippen molar-refractivity contribution in [1.29, 1.82) is 0 Å². The molecule has 4 atom stereocenters. The van der Waals surface area contributed by atoms with E-state index in [0.717, 1.165) is 5.52 Å². The lowest BCUT2D eigenvalue weighted by Gasteiger charge is -2.34. The molecule has 3 rings (SSSR count). The predicted molar refractivity (Wildman–Crippen MR) is 79.4 cm³/mol. The van der Waals surface area contributed by atoms with Gasteiger partial charge in [-0.05, 0) is 28.1 Å². The van der Waals surface area contributed by atoms with Gasteiger partial charge in [-0.15, -0.1) is 0 Å². The van der Waals surface area contributed by atoms with Crippen LogP contribution in [0.2, 0.25) is 5.02 Å². The van der Waals surface area contributed by atoms with Crippen LogP contribution < -0.4 is 4.74 Å². The van der Waals surface area contributed by atoms with Crippen LogP contribution in [0.1, 0.15) is 0 Å². The van der Waals surface area contributed by atoms with Crippen LogP contribution in [0, 0.1) is 0 Å². The van der Waals surface area contributed by atoms with Crippen molar-refractivity contribution < 1.29 is 24.8 Å². The van der Waals surface area contributed by atoms with Gasteiger partial charge in [0.25, 0.3) is 0 Å². The molecule has 1 fully saturated rings. The van der Waals surface area contributed by atoms with E-state index in [1.807, 2.05) is 6.07 Å². The van der Waals surface area contributed by atoms with E-state index in [-0.39, 0.29) is 6.61 Å². The minimum atomic E-state index is -1.36. The van der Waals surface area contributed by atoms with Crippen LogP contribution in [0.25, 0.3) is 10.9 Å². The Bertz CT molecular complexity index is 663. The first-order chi connectivity index (χ1) is 9.99. The highest BCUT2D eigenvalue weighted by Gasteiger charge is 2.39. The second-order valence-corrected chi connectivity index (χ2v) is 6.04. The Labute approximate surface area is 133 Å². The van der Waals surface area contributed by atoms with Crippen LogP contribution >= 0.6 is 27.5 Å². The van der Waals surface area contributed by atoms with Crippen molar-refractivity contribution in [3.63, 3.8) is 0 Å². The fraction of sp³-hybridized carbons (Fsp3) is 0.385. The monoisotopic (exact) mass is 377 g/mol. The van der Waals surface area contributed by atoms with Crippen LogP contribution in [0.5, 0.6) is 5.75 Å². The molecule has 4 N–H and O–H groups in total. The zero-order valence-corrected chi connectivity index (χ0v) is 13.0. The van der Waals surface area contributed by atoms with Gasteiger partial charge in [-0.1, -0.05) is 11.6 Å². The SMILES string of the molecule is OC1COC(Oc2c[nH]c3ccc(Br)c(Cl)c23)C(O)C1O. The van der Waals surface area contributed by atoms with E-state index in [1.165, 1.54) is 0 Å². The Morgan fingerprint density at radius 1 is 1.29 bits per heavy atom. The van der Waals surface area contributed by atoms with Crippen LogP contribution in [-0.2, 0) is 4.74 Å². The summed E-state index contributed by atoms with van der Waals surface area (Å²) in [5.74, 6) is 0.393. The van der Waals surface area contributed by atoms with E-state index in [9.17, 15) is 15.3 Å². The molecule has 6 nitrogen and oxygen atoms in total. The molecular weight excluding hydrogens is 366 g/mol. The Balaban J connectivity index is 1.90. The van der Waals surface area contributed by atoms with Gasteiger partial charge in [0.15, 0.2) is 0 Å². The van der Waals surface area contributed by atoms with Gasteiger partial charge < -0.3 is 29.8 Å². The number of aliphatic hydroxyl groups excluding tert-OH is 3. The molecule has 1 aliphatic rings. The summed E-state index contributed by atoms with van der Waals surface area (Å²) in [6.07, 6.45) is -3.31. The third-order valence-corrected chi connectivity index (χ3v) is 4.68. The molecule has 1 aromatic carbocycles. The topological polar surface area (TPSA) is 94.9 Å². The van der Waals surface area contributed by atoms with Crippen molar-refractivity contribution in [1.82, 2.24) is 4.98 Å². The number of aromatic amines is 1. The zero-order valence-electron chi connectivity index (χ0n) is 10.7. The largest absolute Gasteiger partial charge is 0.460 e. The average Bonchev–Trinajstić information content (AvgIpc) is 2.87. The molecule has 2 heterocycles. The summed E-state index contributed by atoms with van der Waals surface area (Å²) in [6.45, 7) is -0.122. The maximum absolute atomic E-state index is 9.89. The lowest BCUT2D eigenvalue weighted by Crippen LogP contribution is -2.54. The van der Waals surface area contributed by atoms with Crippen molar-refractivity contribution in [3.8, 4) is 5.75 Å². The molecule has 1 aliphatic heterocycles. The molecule has 21 heavy (non-hydrogen) atoms. The van der Waals surface area contributed by atoms with Crippen LogP contribution in [0.3, 0.4) is 0 Å². The molecule has 8 heteroatoms. The fourth-order valence-corrected chi connectivity index (χ4v) is 2.82. The van der Waals surface area contributed by atoms with Gasteiger partial charge in [0.05, 0.1) is 22.5 Å². The van der Waals surface area contributed by atoms with Crippen LogP contribution in [0.4, 0.5) is 0 Å². The van der Waals surface area contributed by atoms with Gasteiger partial charge >= 0.3 is 0 Å². The van der Waals surface area contributed by atoms with E-state index < -0.39 is 24.6 Å². The van der Waals surface area contributed by atoms with E-state index in [1.54, 1.807) is 12.3 Å². The maximum atomic E-state index is 9.89. The number of ether oxygens (including phenoxy) is 2. The van der Waals surface area contributed by atoms with Gasteiger partial charge in [0.1, 0.15) is 24.1 Å². The summed E-state index contributed by atoms with van der Waals surface area (Å²) in [5.41, 5.74) is 0.768. The Hall–Kier alpha value is -0.830. The lowest BCUT2D eigenvalue weighted by molar-refractivity contribution is -0.241. The number of hydrogen-bond acceptors (Lipinski definition) is 5. The second-order valence-electron chi connectivity index (χ2n) is 4.80. The van der Waals surface area contributed by atoms with Crippen LogP contribution in [0.15, 0.2) is 22.8 Å². The molecule has 0 radical (unpaired) electrons. The highest BCUT2D eigenvalue weighted by Crippen LogP contribution is 2.37. The quantitative estimate of drug-likeness (QED) is 0.634. The minimum absolute atomic E-state index is 0.122. The van der Waals surface area contributed by atoms with E-state index in [4.69, 9.17) is 21.1 Å². The number of nitrogens with one attached hydrogen (secondary N) is 1. The molecule has 1 aromatic heterocycles. The highest BCUT2D eigenvalue weighted by atomic mass is 79.9. The van der Waals surface area contributed by atoms with Crippen molar-refractivity contribution >= 4 is 38.4 Å². The van der Waals surface area contributed by atoms with Gasteiger partial charge in [-0.25, -0.2) is 0 Å². The Morgan fingerprint density at radius 2 is 2.05 bits per heavy atom. The normalized spacial score (nSPS) is 29.8. The third kappa shape index (κ3) is 2.65. The zero-order chi connectivity index (χ0) is 15.1. The summed E-state index contributed by atoms with van der Waals surface area (Å²) in [4.78, 5) is 3.00. The molecule has 4 unspecified atom stereocenters. The third-order valence-electron chi connectivity index (χ3n) is 3.40. The average molecular weight is 379 g/mol. The van der Waals surface area contributed by atoms with Crippen molar-refractivity contribution in [2.75, 3.05) is 6.61 Å². The molecule has 0 aliphatic carbocycles. The van der Waals surface area contributed by atoms with E-state index in [0.29, 0.717) is 20.6 Å². The number of fused-ring (bicyclic) bond motifs is 1. The molecule has 1 saturated heterocycles. The van der Waals surface area contributed by atoms with Crippen molar-refractivity contribution in [3.05, 3.63) is 27.8 Å². The lowest BCUT2D eigenvalue weighted by atomic mass is 10.1. The molecule has 0 spiro atoms. The maximum Gasteiger partial charge on any atom is 0.229 e. The van der Waals surface area contributed by atoms with Crippen LogP contribution in [-0.4, -0.2) is 51.5 Å². The summed E-state index contributed by atoms with van der Waals surface area (Å²) in [5, 5.41) is 30.1.